The number of oxime groups is 1. The van der Waals surface area contributed by atoms with Crippen LogP contribution in [0.1, 0.15) is 76.4 Å². The maximum absolute atomic E-state index is 13.9. The van der Waals surface area contributed by atoms with Crippen molar-refractivity contribution in [3.05, 3.63) is 40.3 Å². The van der Waals surface area contributed by atoms with Crippen LogP contribution in [-0.2, 0) is 14.3 Å². The molecule has 4 unspecified atom stereocenters. The zero-order chi connectivity index (χ0) is 26.2. The number of carbonyl (C=O) groups excluding carboxylic acids is 1. The quantitative estimate of drug-likeness (QED) is 0.275. The van der Waals surface area contributed by atoms with Gasteiger partial charge in [-0.25, -0.2) is 9.78 Å². The van der Waals surface area contributed by atoms with E-state index in [1.165, 1.54) is 44.9 Å². The van der Waals surface area contributed by atoms with Crippen LogP contribution < -0.4 is 5.56 Å². The van der Waals surface area contributed by atoms with Crippen LogP contribution >= 0.6 is 0 Å². The zero-order valence-electron chi connectivity index (χ0n) is 22.1. The molecule has 4 fully saturated rings. The standard InChI is InChI=1S/C29H38N4O5/c1-2-38-29(35)27(31-36)26-28(34)33(25-10-6-5-9-24(25)30-26)21-14-22-16-37-17-23(15-21)32(22)20-12-18-7-3-4-8-19(11-18)13-20/h5-6,9-10,18-23,36H,2-4,7-8,11-17H2,1H3/b31-27-. The second-order valence-electron chi connectivity index (χ2n) is 11.6. The number of hydrogen-bond donors (Lipinski definition) is 1. The molecule has 6 rings (SSSR count). The molecule has 2 aliphatic heterocycles. The molecule has 3 heterocycles. The Morgan fingerprint density at radius 3 is 2.37 bits per heavy atom. The summed E-state index contributed by atoms with van der Waals surface area (Å²) in [5.41, 5.74) is 0.244. The van der Waals surface area contributed by atoms with Gasteiger partial charge in [-0.15, -0.1) is 0 Å². The largest absolute Gasteiger partial charge is 0.461 e. The summed E-state index contributed by atoms with van der Waals surface area (Å²) in [5.74, 6) is 0.822. The fourth-order valence-corrected chi connectivity index (χ4v) is 7.89. The third-order valence-electron chi connectivity index (χ3n) is 9.28. The highest BCUT2D eigenvalue weighted by molar-refractivity contribution is 6.42. The second kappa shape index (κ2) is 10.8. The van der Waals surface area contributed by atoms with Gasteiger partial charge in [0, 0.05) is 24.2 Å². The van der Waals surface area contributed by atoms with Crippen molar-refractivity contribution in [1.29, 1.82) is 0 Å². The van der Waals surface area contributed by atoms with Gasteiger partial charge in [-0.2, -0.15) is 0 Å². The maximum atomic E-state index is 13.9. The van der Waals surface area contributed by atoms with Crippen molar-refractivity contribution in [2.45, 2.75) is 88.9 Å². The molecule has 1 aromatic heterocycles. The summed E-state index contributed by atoms with van der Waals surface area (Å²) in [5, 5.41) is 12.8. The van der Waals surface area contributed by atoms with E-state index in [1.54, 1.807) is 11.5 Å². The van der Waals surface area contributed by atoms with E-state index in [0.717, 1.165) is 30.2 Å². The maximum Gasteiger partial charge on any atom is 0.362 e. The molecule has 1 N–H and O–H groups in total. The lowest BCUT2D eigenvalue weighted by atomic mass is 9.75. The van der Waals surface area contributed by atoms with Gasteiger partial charge in [0.2, 0.25) is 5.71 Å². The highest BCUT2D eigenvalue weighted by atomic mass is 16.5. The number of hydrogen-bond acceptors (Lipinski definition) is 8. The number of ether oxygens (including phenoxy) is 2. The minimum absolute atomic E-state index is 0.0719. The lowest BCUT2D eigenvalue weighted by Gasteiger charge is -2.54. The Balaban J connectivity index is 1.35. The van der Waals surface area contributed by atoms with E-state index in [-0.39, 0.29) is 30.4 Å². The average molecular weight is 523 g/mol. The Morgan fingerprint density at radius 1 is 1.03 bits per heavy atom. The Kier molecular flexibility index (Phi) is 7.22. The molecule has 2 aliphatic carbocycles. The molecule has 0 radical (unpaired) electrons. The molecular formula is C29H38N4O5. The first-order valence-corrected chi connectivity index (χ1v) is 14.3. The first-order valence-electron chi connectivity index (χ1n) is 14.3. The summed E-state index contributed by atoms with van der Waals surface area (Å²) in [6.45, 7) is 3.12. The van der Waals surface area contributed by atoms with Gasteiger partial charge in [0.25, 0.3) is 5.56 Å². The highest BCUT2D eigenvalue weighted by Gasteiger charge is 2.46. The van der Waals surface area contributed by atoms with Crippen LogP contribution in [0.2, 0.25) is 0 Å². The summed E-state index contributed by atoms with van der Waals surface area (Å²) in [7, 11) is 0. The Bertz CT molecular complexity index is 1250. The molecular weight excluding hydrogens is 484 g/mol. The summed E-state index contributed by atoms with van der Waals surface area (Å²) in [4.78, 5) is 33.6. The number of fused-ring (bicyclic) bond motifs is 5. The number of carbonyl (C=O) groups is 1. The van der Waals surface area contributed by atoms with Gasteiger partial charge in [0.05, 0.1) is 30.9 Å². The molecule has 0 amide bonds. The van der Waals surface area contributed by atoms with Crippen molar-refractivity contribution in [3.63, 3.8) is 0 Å². The van der Waals surface area contributed by atoms with Crippen molar-refractivity contribution in [3.8, 4) is 0 Å². The first kappa shape index (κ1) is 25.5. The number of aromatic nitrogens is 2. The number of nitrogens with zero attached hydrogens (tertiary/aromatic N) is 4. The van der Waals surface area contributed by atoms with Gasteiger partial charge >= 0.3 is 5.97 Å². The second-order valence-corrected chi connectivity index (χ2v) is 11.6. The lowest BCUT2D eigenvalue weighted by molar-refractivity contribution is -0.135. The minimum Gasteiger partial charge on any atom is -0.461 e. The van der Waals surface area contributed by atoms with Crippen LogP contribution in [-0.4, -0.2) is 69.3 Å². The van der Waals surface area contributed by atoms with Gasteiger partial charge in [0.1, 0.15) is 0 Å². The van der Waals surface area contributed by atoms with Crippen LogP contribution in [0.15, 0.2) is 34.2 Å². The van der Waals surface area contributed by atoms with Crippen LogP contribution in [0.4, 0.5) is 0 Å². The minimum atomic E-state index is -0.861. The van der Waals surface area contributed by atoms with Crippen molar-refractivity contribution >= 4 is 22.7 Å². The summed E-state index contributed by atoms with van der Waals surface area (Å²) in [6.07, 6.45) is 11.0. The number of piperidine rings is 1. The normalized spacial score (nSPS) is 32.1. The number of rotatable bonds is 5. The fraction of sp³-hybridized carbons (Fsp3) is 0.655. The van der Waals surface area contributed by atoms with E-state index in [1.807, 2.05) is 24.3 Å². The van der Waals surface area contributed by atoms with E-state index in [4.69, 9.17) is 9.47 Å². The van der Waals surface area contributed by atoms with E-state index in [0.29, 0.717) is 24.8 Å². The summed E-state index contributed by atoms with van der Waals surface area (Å²) < 4.78 is 12.9. The molecule has 204 valence electrons. The molecule has 2 aromatic rings. The SMILES string of the molecule is CCOC(=O)/C(=N\O)c1nc2ccccc2n(C2CC3COCC(C2)N3C2CC3CCCCC(C3)C2)c1=O. The topological polar surface area (TPSA) is 106 Å². The Morgan fingerprint density at radius 2 is 1.71 bits per heavy atom. The molecule has 9 heteroatoms. The van der Waals surface area contributed by atoms with E-state index >= 15 is 0 Å². The fourth-order valence-electron chi connectivity index (χ4n) is 7.89. The van der Waals surface area contributed by atoms with Gasteiger partial charge in [-0.05, 0) is 63.0 Å². The molecule has 2 saturated heterocycles. The molecule has 9 nitrogen and oxygen atoms in total. The van der Waals surface area contributed by atoms with Gasteiger partial charge in [-0.3, -0.25) is 9.69 Å². The predicted molar refractivity (Wildman–Crippen MR) is 143 cm³/mol. The number of esters is 1. The summed E-state index contributed by atoms with van der Waals surface area (Å²) in [6, 6.07) is 8.48. The van der Waals surface area contributed by atoms with Crippen molar-refractivity contribution in [2.24, 2.45) is 17.0 Å². The Labute approximate surface area is 222 Å². The first-order chi connectivity index (χ1) is 18.6. The zero-order valence-corrected chi connectivity index (χ0v) is 22.1. The van der Waals surface area contributed by atoms with Crippen molar-refractivity contribution in [2.75, 3.05) is 19.8 Å². The molecule has 4 aliphatic rings. The molecule has 4 atom stereocenters. The number of para-hydroxylation sites is 2. The van der Waals surface area contributed by atoms with Crippen molar-refractivity contribution in [1.82, 2.24) is 14.5 Å². The third kappa shape index (κ3) is 4.64. The van der Waals surface area contributed by atoms with Crippen LogP contribution in [0, 0.1) is 11.8 Å². The summed E-state index contributed by atoms with van der Waals surface area (Å²) >= 11 is 0. The van der Waals surface area contributed by atoms with Crippen LogP contribution in [0.5, 0.6) is 0 Å². The van der Waals surface area contributed by atoms with Crippen molar-refractivity contribution < 1.29 is 19.5 Å². The Hall–Kier alpha value is -2.78. The molecule has 2 saturated carbocycles. The van der Waals surface area contributed by atoms with Gasteiger partial charge < -0.3 is 19.2 Å². The van der Waals surface area contributed by atoms with Gasteiger partial charge in [0.15, 0.2) is 5.69 Å². The smallest absolute Gasteiger partial charge is 0.362 e. The van der Waals surface area contributed by atoms with Crippen LogP contribution in [0.25, 0.3) is 11.0 Å². The van der Waals surface area contributed by atoms with E-state index < -0.39 is 17.2 Å². The number of morpholine rings is 1. The monoisotopic (exact) mass is 522 g/mol. The van der Waals surface area contributed by atoms with Gasteiger partial charge in [-0.1, -0.05) is 43.0 Å². The number of benzene rings is 1. The van der Waals surface area contributed by atoms with E-state index in [9.17, 15) is 14.8 Å². The predicted octanol–water partition coefficient (Wildman–Crippen LogP) is 3.90. The van der Waals surface area contributed by atoms with E-state index in [2.05, 4.69) is 15.0 Å². The third-order valence-corrected chi connectivity index (χ3v) is 9.28. The molecule has 38 heavy (non-hydrogen) atoms. The molecule has 0 spiro atoms. The average Bonchev–Trinajstić information content (AvgIpc) is 3.08. The highest BCUT2D eigenvalue weighted by Crippen LogP contribution is 2.44. The molecule has 4 bridgehead atoms. The van der Waals surface area contributed by atoms with Crippen LogP contribution in [0.3, 0.4) is 0 Å². The molecule has 1 aromatic carbocycles. The lowest BCUT2D eigenvalue weighted by Crippen LogP contribution is -2.62.